The summed E-state index contributed by atoms with van der Waals surface area (Å²) in [7, 11) is 0. The van der Waals surface area contributed by atoms with E-state index < -0.39 is 0 Å². The van der Waals surface area contributed by atoms with Gasteiger partial charge in [0.1, 0.15) is 29.3 Å². The summed E-state index contributed by atoms with van der Waals surface area (Å²) in [5, 5.41) is 14.4. The Bertz CT molecular complexity index is 4110. The van der Waals surface area contributed by atoms with Gasteiger partial charge in [0.2, 0.25) is 0 Å². The molecule has 0 spiro atoms. The van der Waals surface area contributed by atoms with Gasteiger partial charge in [0.15, 0.2) is 0 Å². The first-order valence-corrected chi connectivity index (χ1v) is 23.6. The molecule has 0 aliphatic carbocycles. The van der Waals surface area contributed by atoms with E-state index in [1.54, 1.807) is 0 Å². The number of benzene rings is 10. The molecule has 1 aliphatic rings. The first kappa shape index (κ1) is 39.2. The van der Waals surface area contributed by atoms with Crippen LogP contribution in [0.5, 0.6) is 0 Å². The SMILES string of the molecule is c1ccc(C2=NC(c3ccc(-c4cccc5oc6cc7c(cc6c45)c4cc(-c5ccc6c(c5)c5ccccc5n6-c5ccccc5)ccc4n7-c4ccccc4)cc3)NC(c3ccccc3)N2)cc1. The standard InChI is InChI=1S/C63H43N5O/c1-5-16-41(17-6-1)61-64-62(42-18-7-2-8-19-42)66-63(65-61)43-30-28-40(29-31-43)48-25-15-27-58-60(48)53-38-52-51-37-45(33-35-56(51)68(47-22-11-4-12-23-47)57(52)39-59(53)69-58)44-32-34-55-50(36-44)49-24-13-14-26-54(49)67(55)46-20-9-3-10-21-46/h1-39,61,63,65H,(H,64,66). The number of aromatic nitrogens is 2. The van der Waals surface area contributed by atoms with Crippen LogP contribution in [0.4, 0.5) is 0 Å². The van der Waals surface area contributed by atoms with Gasteiger partial charge in [-0.15, -0.1) is 0 Å². The van der Waals surface area contributed by atoms with Crippen LogP contribution in [-0.2, 0) is 0 Å². The van der Waals surface area contributed by atoms with Crippen LogP contribution in [0.15, 0.2) is 246 Å². The van der Waals surface area contributed by atoms with Crippen molar-refractivity contribution in [2.24, 2.45) is 4.99 Å². The summed E-state index contributed by atoms with van der Waals surface area (Å²) in [6.45, 7) is 0. The zero-order valence-corrected chi connectivity index (χ0v) is 37.4. The quantitative estimate of drug-likeness (QED) is 0.168. The molecule has 4 heterocycles. The minimum Gasteiger partial charge on any atom is -0.456 e. The van der Waals surface area contributed by atoms with E-state index >= 15 is 0 Å². The molecule has 6 nitrogen and oxygen atoms in total. The third kappa shape index (κ3) is 6.49. The van der Waals surface area contributed by atoms with Crippen molar-refractivity contribution in [2.45, 2.75) is 12.3 Å². The lowest BCUT2D eigenvalue weighted by atomic mass is 9.97. The van der Waals surface area contributed by atoms with E-state index in [4.69, 9.17) is 9.41 Å². The number of hydrogen-bond donors (Lipinski definition) is 2. The van der Waals surface area contributed by atoms with Crippen LogP contribution >= 0.6 is 0 Å². The number of aliphatic imine (C=N–C) groups is 1. The highest BCUT2D eigenvalue weighted by atomic mass is 16.3. The molecule has 0 bridgehead atoms. The Hall–Kier alpha value is -8.97. The summed E-state index contributed by atoms with van der Waals surface area (Å²) < 4.78 is 11.5. The topological polar surface area (TPSA) is 59.4 Å². The molecular formula is C63H43N5O. The second kappa shape index (κ2) is 15.8. The Balaban J connectivity index is 0.899. The maximum Gasteiger partial charge on any atom is 0.137 e. The summed E-state index contributed by atoms with van der Waals surface area (Å²) in [6, 6.07) is 84.6. The number of fused-ring (bicyclic) bond motifs is 9. The second-order valence-corrected chi connectivity index (χ2v) is 18.0. The Labute approximate surface area is 398 Å². The fourth-order valence-electron chi connectivity index (χ4n) is 10.8. The molecule has 0 fully saturated rings. The van der Waals surface area contributed by atoms with Gasteiger partial charge in [-0.3, -0.25) is 5.32 Å². The third-order valence-corrected chi connectivity index (χ3v) is 14.0. The lowest BCUT2D eigenvalue weighted by Crippen LogP contribution is -2.44. The molecule has 2 atom stereocenters. The number of furan rings is 1. The summed E-state index contributed by atoms with van der Waals surface area (Å²) in [5.74, 6) is 0.868. The number of nitrogens with one attached hydrogen (secondary N) is 2. The van der Waals surface area contributed by atoms with E-state index in [1.165, 1.54) is 43.7 Å². The third-order valence-electron chi connectivity index (χ3n) is 14.0. The monoisotopic (exact) mass is 885 g/mol. The van der Waals surface area contributed by atoms with E-state index in [0.717, 1.165) is 78.0 Å². The van der Waals surface area contributed by atoms with Crippen molar-refractivity contribution in [1.82, 2.24) is 19.8 Å². The molecule has 69 heavy (non-hydrogen) atoms. The van der Waals surface area contributed by atoms with E-state index in [2.05, 4.69) is 250 Å². The normalized spacial score (nSPS) is 15.1. The van der Waals surface area contributed by atoms with Gasteiger partial charge in [-0.25, -0.2) is 4.99 Å². The van der Waals surface area contributed by atoms with Crippen LogP contribution in [0, 0.1) is 0 Å². The van der Waals surface area contributed by atoms with E-state index in [0.29, 0.717) is 0 Å². The maximum absolute atomic E-state index is 6.79. The molecule has 0 saturated carbocycles. The number of nitrogens with zero attached hydrogens (tertiary/aromatic N) is 3. The largest absolute Gasteiger partial charge is 0.456 e. The first-order valence-electron chi connectivity index (χ1n) is 23.6. The molecule has 0 saturated heterocycles. The van der Waals surface area contributed by atoms with Gasteiger partial charge in [0, 0.05) is 55.3 Å². The van der Waals surface area contributed by atoms with Gasteiger partial charge in [-0.1, -0.05) is 164 Å². The number of para-hydroxylation sites is 3. The van der Waals surface area contributed by atoms with Crippen LogP contribution in [-0.4, -0.2) is 15.0 Å². The lowest BCUT2D eigenvalue weighted by molar-refractivity contribution is 0.409. The Morgan fingerprint density at radius 1 is 0.377 bits per heavy atom. The van der Waals surface area contributed by atoms with E-state index in [9.17, 15) is 0 Å². The number of hydrogen-bond acceptors (Lipinski definition) is 4. The van der Waals surface area contributed by atoms with Crippen LogP contribution in [0.3, 0.4) is 0 Å². The lowest BCUT2D eigenvalue weighted by Gasteiger charge is -2.32. The maximum atomic E-state index is 6.79. The molecule has 2 unspecified atom stereocenters. The highest BCUT2D eigenvalue weighted by Crippen LogP contribution is 2.43. The van der Waals surface area contributed by atoms with Crippen molar-refractivity contribution in [3.05, 3.63) is 253 Å². The minimum atomic E-state index is -0.247. The smallest absolute Gasteiger partial charge is 0.137 e. The first-order chi connectivity index (χ1) is 34.2. The van der Waals surface area contributed by atoms with Crippen LogP contribution in [0.25, 0.3) is 99.2 Å². The molecule has 0 radical (unpaired) electrons. The molecule has 10 aromatic carbocycles. The molecule has 1 aliphatic heterocycles. The van der Waals surface area contributed by atoms with Gasteiger partial charge in [-0.05, 0) is 100 Å². The molecule has 13 aromatic rings. The molecule has 2 N–H and O–H groups in total. The zero-order valence-electron chi connectivity index (χ0n) is 37.4. The fraction of sp³-hybridized carbons (Fsp3) is 0.0317. The van der Waals surface area contributed by atoms with Gasteiger partial charge in [-0.2, -0.15) is 0 Å². The molecule has 6 heteroatoms. The Kier molecular flexibility index (Phi) is 9.00. The zero-order chi connectivity index (χ0) is 45.4. The summed E-state index contributed by atoms with van der Waals surface area (Å²) in [6.07, 6.45) is -0.352. The predicted octanol–water partition coefficient (Wildman–Crippen LogP) is 15.5. The molecule has 0 amide bonds. The summed E-state index contributed by atoms with van der Waals surface area (Å²) in [4.78, 5) is 5.20. The van der Waals surface area contributed by atoms with Crippen molar-refractivity contribution in [3.63, 3.8) is 0 Å². The number of amidine groups is 1. The minimum absolute atomic E-state index is 0.104. The van der Waals surface area contributed by atoms with Crippen LogP contribution in [0.2, 0.25) is 0 Å². The molecular weight excluding hydrogens is 843 g/mol. The van der Waals surface area contributed by atoms with Crippen LogP contribution < -0.4 is 10.6 Å². The van der Waals surface area contributed by atoms with Gasteiger partial charge < -0.3 is 18.9 Å². The van der Waals surface area contributed by atoms with Gasteiger partial charge >= 0.3 is 0 Å². The predicted molar refractivity (Wildman–Crippen MR) is 284 cm³/mol. The highest BCUT2D eigenvalue weighted by molar-refractivity contribution is 6.20. The Morgan fingerprint density at radius 3 is 1.64 bits per heavy atom. The van der Waals surface area contributed by atoms with Gasteiger partial charge in [0.25, 0.3) is 0 Å². The van der Waals surface area contributed by atoms with Crippen molar-refractivity contribution < 1.29 is 4.42 Å². The highest BCUT2D eigenvalue weighted by Gasteiger charge is 2.26. The van der Waals surface area contributed by atoms with Crippen molar-refractivity contribution in [3.8, 4) is 33.6 Å². The number of rotatable bonds is 7. The molecule has 326 valence electrons. The average Bonchev–Trinajstić information content (AvgIpc) is 4.07. The fourth-order valence-corrected chi connectivity index (χ4v) is 10.8. The van der Waals surface area contributed by atoms with E-state index in [-0.39, 0.29) is 12.3 Å². The average molecular weight is 886 g/mol. The summed E-state index contributed by atoms with van der Waals surface area (Å²) >= 11 is 0. The van der Waals surface area contributed by atoms with Crippen molar-refractivity contribution in [2.75, 3.05) is 0 Å². The van der Waals surface area contributed by atoms with E-state index in [1.807, 2.05) is 6.07 Å². The second-order valence-electron chi connectivity index (χ2n) is 18.0. The van der Waals surface area contributed by atoms with Crippen molar-refractivity contribution in [1.29, 1.82) is 0 Å². The van der Waals surface area contributed by atoms with Gasteiger partial charge in [0.05, 0.1) is 22.1 Å². The van der Waals surface area contributed by atoms with Crippen LogP contribution in [0.1, 0.15) is 29.0 Å². The summed E-state index contributed by atoms with van der Waals surface area (Å²) in [5.41, 5.74) is 16.5. The molecule has 14 rings (SSSR count). The van der Waals surface area contributed by atoms with Crippen molar-refractivity contribution >= 4 is 71.4 Å². The molecule has 3 aromatic heterocycles. The Morgan fingerprint density at radius 2 is 0.942 bits per heavy atom.